The van der Waals surface area contributed by atoms with Gasteiger partial charge < -0.3 is 29.1 Å². The van der Waals surface area contributed by atoms with Gasteiger partial charge in [-0.25, -0.2) is 9.36 Å². The maximum absolute atomic E-state index is 10.4. The fourth-order valence-corrected chi connectivity index (χ4v) is 1.18. The first-order chi connectivity index (χ1) is 7.08. The molecule has 1 N–H and O–H groups in total. The zero-order chi connectivity index (χ0) is 11.3. The van der Waals surface area contributed by atoms with Crippen LogP contribution >= 0.6 is 0 Å². The summed E-state index contributed by atoms with van der Waals surface area (Å²) in [5.74, 6) is -0.921. The highest BCUT2D eigenvalue weighted by molar-refractivity contribution is 5.81. The Bertz CT molecular complexity index is 425. The van der Waals surface area contributed by atoms with Crippen LogP contribution < -0.4 is 28.5 Å². The molecule has 0 aliphatic rings. The molecule has 0 atom stereocenters. The quantitative estimate of drug-likeness (QED) is 0.319. The summed E-state index contributed by atoms with van der Waals surface area (Å²) in [6.07, 6.45) is 8.75. The van der Waals surface area contributed by atoms with E-state index in [2.05, 4.69) is 0 Å². The number of halogens is 1. The number of aryl methyl sites for hydroxylation is 1. The average molecular weight is 331 g/mol. The largest absolute Gasteiger partial charge is 1.00 e. The normalized spacial score (nSPS) is 11.2. The van der Waals surface area contributed by atoms with Crippen molar-refractivity contribution >= 4 is 12.0 Å². The Morgan fingerprint density at radius 3 is 2.75 bits per heavy atom. The molecule has 0 fully saturated rings. The van der Waals surface area contributed by atoms with Gasteiger partial charge in [0, 0.05) is 17.7 Å². The van der Waals surface area contributed by atoms with Gasteiger partial charge in [-0.2, -0.15) is 0 Å². The molecule has 0 aromatic carbocycles. The zero-order valence-corrected chi connectivity index (χ0v) is 11.4. The molecule has 1 aromatic rings. The van der Waals surface area contributed by atoms with Crippen LogP contribution in [0, 0.1) is 0 Å². The van der Waals surface area contributed by atoms with E-state index in [1.807, 2.05) is 42.2 Å². The first-order valence-electron chi connectivity index (χ1n) is 4.62. The molecular weight excluding hydrogens is 317 g/mol. The Morgan fingerprint density at radius 2 is 2.19 bits per heavy atom. The molecule has 0 amide bonds. The molecule has 0 aliphatic carbocycles. The molecule has 1 aromatic heterocycles. The van der Waals surface area contributed by atoms with Crippen LogP contribution in [0.5, 0.6) is 0 Å². The van der Waals surface area contributed by atoms with Gasteiger partial charge in [0.15, 0.2) is 12.4 Å². The Hall–Kier alpha value is -1.17. The monoisotopic (exact) mass is 331 g/mol. The lowest BCUT2D eigenvalue weighted by Crippen LogP contribution is -3.00. The molecule has 86 valence electrons. The SMILES string of the molecule is CC(/C=C/c1ccc[n+](C)c1)=C\C(=O)O.[I-]. The highest BCUT2D eigenvalue weighted by atomic mass is 127. The van der Waals surface area contributed by atoms with Gasteiger partial charge in [-0.15, -0.1) is 0 Å². The summed E-state index contributed by atoms with van der Waals surface area (Å²) < 4.78 is 1.94. The third kappa shape index (κ3) is 5.65. The van der Waals surface area contributed by atoms with Gasteiger partial charge in [-0.3, -0.25) is 0 Å². The van der Waals surface area contributed by atoms with Crippen molar-refractivity contribution in [2.45, 2.75) is 6.92 Å². The zero-order valence-electron chi connectivity index (χ0n) is 9.22. The van der Waals surface area contributed by atoms with Gasteiger partial charge in [0.1, 0.15) is 7.05 Å². The van der Waals surface area contributed by atoms with E-state index in [1.54, 1.807) is 13.0 Å². The average Bonchev–Trinajstić information content (AvgIpc) is 2.14. The number of carbonyl (C=O) groups is 1. The van der Waals surface area contributed by atoms with E-state index >= 15 is 0 Å². The predicted octanol–water partition coefficient (Wildman–Crippen LogP) is -1.44. The van der Waals surface area contributed by atoms with Crippen LogP contribution in [-0.4, -0.2) is 11.1 Å². The molecule has 0 saturated heterocycles. The van der Waals surface area contributed by atoms with Crippen molar-refractivity contribution in [1.82, 2.24) is 0 Å². The van der Waals surface area contributed by atoms with Crippen molar-refractivity contribution in [2.75, 3.05) is 0 Å². The Morgan fingerprint density at radius 1 is 1.50 bits per heavy atom. The van der Waals surface area contributed by atoms with Crippen LogP contribution in [0.4, 0.5) is 0 Å². The van der Waals surface area contributed by atoms with Crippen LogP contribution in [0.2, 0.25) is 0 Å². The van der Waals surface area contributed by atoms with E-state index in [9.17, 15) is 4.79 Å². The highest BCUT2D eigenvalue weighted by Gasteiger charge is 1.94. The third-order valence-electron chi connectivity index (χ3n) is 1.85. The number of hydrogen-bond donors (Lipinski definition) is 1. The van der Waals surface area contributed by atoms with E-state index in [-0.39, 0.29) is 24.0 Å². The molecule has 1 rings (SSSR count). The molecule has 0 saturated carbocycles. The van der Waals surface area contributed by atoms with Gasteiger partial charge in [0.05, 0.1) is 0 Å². The van der Waals surface area contributed by atoms with Crippen molar-refractivity contribution < 1.29 is 38.4 Å². The Balaban J connectivity index is 0.00000225. The molecule has 3 nitrogen and oxygen atoms in total. The summed E-state index contributed by atoms with van der Waals surface area (Å²) in [5, 5.41) is 8.51. The van der Waals surface area contributed by atoms with Gasteiger partial charge in [-0.05, 0) is 24.6 Å². The number of nitrogens with zero attached hydrogens (tertiary/aromatic N) is 1. The smallest absolute Gasteiger partial charge is 0.328 e. The lowest BCUT2D eigenvalue weighted by atomic mass is 10.2. The second kappa shape index (κ2) is 7.16. The van der Waals surface area contributed by atoms with Gasteiger partial charge in [0.25, 0.3) is 0 Å². The van der Waals surface area contributed by atoms with Crippen molar-refractivity contribution in [3.8, 4) is 0 Å². The fraction of sp³-hybridized carbons (Fsp3) is 0.167. The van der Waals surface area contributed by atoms with Crippen LogP contribution in [0.1, 0.15) is 12.5 Å². The summed E-state index contributed by atoms with van der Waals surface area (Å²) in [5.41, 5.74) is 1.76. The first-order valence-corrected chi connectivity index (χ1v) is 4.62. The molecule has 0 unspecified atom stereocenters. The van der Waals surface area contributed by atoms with E-state index in [0.717, 1.165) is 5.56 Å². The maximum atomic E-state index is 10.4. The van der Waals surface area contributed by atoms with Crippen LogP contribution in [0.15, 0.2) is 42.3 Å². The third-order valence-corrected chi connectivity index (χ3v) is 1.85. The molecule has 0 spiro atoms. The molecule has 16 heavy (non-hydrogen) atoms. The minimum Gasteiger partial charge on any atom is -1.00 e. The van der Waals surface area contributed by atoms with Crippen molar-refractivity contribution in [1.29, 1.82) is 0 Å². The summed E-state index contributed by atoms with van der Waals surface area (Å²) in [6, 6.07) is 3.90. The lowest BCUT2D eigenvalue weighted by Gasteiger charge is -1.91. The summed E-state index contributed by atoms with van der Waals surface area (Å²) in [4.78, 5) is 10.4. The van der Waals surface area contributed by atoms with Crippen LogP contribution in [0.25, 0.3) is 6.08 Å². The summed E-state index contributed by atoms with van der Waals surface area (Å²) >= 11 is 0. The number of hydrogen-bond acceptors (Lipinski definition) is 1. The van der Waals surface area contributed by atoms with Gasteiger partial charge in [0.2, 0.25) is 0 Å². The molecule has 4 heteroatoms. The lowest BCUT2D eigenvalue weighted by molar-refractivity contribution is -0.671. The molecule has 0 radical (unpaired) electrons. The Kier molecular flexibility index (Phi) is 6.64. The maximum Gasteiger partial charge on any atom is 0.328 e. The van der Waals surface area contributed by atoms with Crippen LogP contribution in [-0.2, 0) is 11.8 Å². The number of rotatable bonds is 3. The summed E-state index contributed by atoms with van der Waals surface area (Å²) in [6.45, 7) is 1.76. The van der Waals surface area contributed by atoms with E-state index in [1.165, 1.54) is 6.08 Å². The number of carboxylic acid groups (broad SMARTS) is 1. The second-order valence-corrected chi connectivity index (χ2v) is 3.36. The summed E-state index contributed by atoms with van der Waals surface area (Å²) in [7, 11) is 1.94. The molecule has 1 heterocycles. The van der Waals surface area contributed by atoms with Crippen molar-refractivity contribution in [3.63, 3.8) is 0 Å². The number of carboxylic acids is 1. The molecular formula is C12H14INO2. The van der Waals surface area contributed by atoms with Crippen LogP contribution in [0.3, 0.4) is 0 Å². The van der Waals surface area contributed by atoms with E-state index < -0.39 is 5.97 Å². The number of aliphatic carboxylic acids is 1. The van der Waals surface area contributed by atoms with Crippen molar-refractivity contribution in [2.24, 2.45) is 7.05 Å². The number of aromatic nitrogens is 1. The minimum atomic E-state index is -0.921. The number of allylic oxidation sites excluding steroid dienone is 2. The van der Waals surface area contributed by atoms with Gasteiger partial charge in [-0.1, -0.05) is 6.08 Å². The fourth-order valence-electron chi connectivity index (χ4n) is 1.18. The predicted molar refractivity (Wildman–Crippen MR) is 58.0 cm³/mol. The molecule has 0 aliphatic heterocycles. The van der Waals surface area contributed by atoms with E-state index in [0.29, 0.717) is 5.57 Å². The second-order valence-electron chi connectivity index (χ2n) is 3.36. The van der Waals surface area contributed by atoms with E-state index in [4.69, 9.17) is 5.11 Å². The standard InChI is InChI=1S/C12H13NO2.HI/c1-10(8-12(14)15)5-6-11-4-3-7-13(2)9-11;/h3-9H,1-2H3;1H/b6-5+,10-8+;. The highest BCUT2D eigenvalue weighted by Crippen LogP contribution is 2.02. The molecule has 0 bridgehead atoms. The first kappa shape index (κ1) is 14.8. The van der Waals surface area contributed by atoms with Crippen molar-refractivity contribution in [3.05, 3.63) is 47.8 Å². The minimum absolute atomic E-state index is 0. The Labute approximate surface area is 112 Å². The topological polar surface area (TPSA) is 41.2 Å². The van der Waals surface area contributed by atoms with Gasteiger partial charge >= 0.3 is 5.97 Å². The number of pyridine rings is 1.